The van der Waals surface area contributed by atoms with Crippen LogP contribution in [-0.2, 0) is 11.3 Å². The Bertz CT molecular complexity index is 793. The van der Waals surface area contributed by atoms with Gasteiger partial charge in [0.25, 0.3) is 0 Å². The lowest BCUT2D eigenvalue weighted by Gasteiger charge is -2.32. The molecule has 2 aromatic carbocycles. The Hall–Kier alpha value is -2.50. The fourth-order valence-electron chi connectivity index (χ4n) is 3.21. The third-order valence-corrected chi connectivity index (χ3v) is 4.85. The number of carbonyl (C=O) groups excluding carboxylic acids is 2. The van der Waals surface area contributed by atoms with E-state index in [0.717, 1.165) is 38.3 Å². The minimum Gasteiger partial charge on any atom is -0.462 e. The fourth-order valence-corrected chi connectivity index (χ4v) is 3.21. The molecule has 3 rings (SSSR count). The van der Waals surface area contributed by atoms with Gasteiger partial charge in [-0.3, -0.25) is 9.69 Å². The molecule has 0 unspecified atom stereocenters. The molecule has 0 atom stereocenters. The van der Waals surface area contributed by atoms with Gasteiger partial charge in [0.1, 0.15) is 0 Å². The van der Waals surface area contributed by atoms with Gasteiger partial charge in [-0.25, -0.2) is 4.79 Å². The van der Waals surface area contributed by atoms with Crippen LogP contribution in [0.1, 0.15) is 38.8 Å². The third kappa shape index (κ3) is 5.02. The van der Waals surface area contributed by atoms with Crippen LogP contribution in [-0.4, -0.2) is 61.4 Å². The lowest BCUT2D eigenvalue weighted by atomic mass is 10.00. The fraction of sp³-hybridized carbons (Fsp3) is 0.364. The first kappa shape index (κ1) is 19.3. The molecular formula is C22H26N2O3. The number of ketones is 1. The van der Waals surface area contributed by atoms with Gasteiger partial charge >= 0.3 is 5.97 Å². The number of nitrogens with zero attached hydrogens (tertiary/aromatic N) is 2. The normalized spacial score (nSPS) is 15.5. The molecule has 0 radical (unpaired) electrons. The summed E-state index contributed by atoms with van der Waals surface area (Å²) in [5, 5.41) is 0. The Morgan fingerprint density at radius 2 is 1.59 bits per heavy atom. The minimum absolute atomic E-state index is 0.0364. The minimum atomic E-state index is -0.370. The van der Waals surface area contributed by atoms with Crippen molar-refractivity contribution in [3.05, 3.63) is 70.8 Å². The van der Waals surface area contributed by atoms with Crippen molar-refractivity contribution in [3.63, 3.8) is 0 Å². The summed E-state index contributed by atoms with van der Waals surface area (Å²) >= 11 is 0. The molecule has 0 N–H and O–H groups in total. The molecule has 0 aromatic heterocycles. The van der Waals surface area contributed by atoms with E-state index < -0.39 is 0 Å². The maximum atomic E-state index is 12.8. The second-order valence-corrected chi connectivity index (χ2v) is 6.91. The van der Waals surface area contributed by atoms with Crippen LogP contribution >= 0.6 is 0 Å². The Balaban J connectivity index is 1.69. The molecule has 142 valence electrons. The molecule has 0 spiro atoms. The van der Waals surface area contributed by atoms with Crippen LogP contribution < -0.4 is 0 Å². The number of rotatable bonds is 6. The summed E-state index contributed by atoms with van der Waals surface area (Å²) in [6, 6.07) is 14.5. The van der Waals surface area contributed by atoms with Gasteiger partial charge in [-0.1, -0.05) is 30.3 Å². The number of hydrogen-bond donors (Lipinski definition) is 0. The molecule has 0 aliphatic carbocycles. The first-order valence-corrected chi connectivity index (χ1v) is 9.38. The number of esters is 1. The molecule has 1 aliphatic rings. The van der Waals surface area contributed by atoms with Crippen molar-refractivity contribution < 1.29 is 14.3 Å². The number of hydrogen-bond acceptors (Lipinski definition) is 5. The quantitative estimate of drug-likeness (QED) is 0.581. The molecule has 1 fully saturated rings. The Kier molecular flexibility index (Phi) is 6.37. The zero-order chi connectivity index (χ0) is 19.2. The molecule has 0 bridgehead atoms. The molecule has 0 saturated carbocycles. The van der Waals surface area contributed by atoms with E-state index >= 15 is 0 Å². The van der Waals surface area contributed by atoms with Crippen LogP contribution in [0.3, 0.4) is 0 Å². The highest BCUT2D eigenvalue weighted by Gasteiger charge is 2.15. The summed E-state index contributed by atoms with van der Waals surface area (Å²) in [5.74, 6) is -0.406. The molecule has 1 aliphatic heterocycles. The maximum absolute atomic E-state index is 12.8. The zero-order valence-corrected chi connectivity index (χ0v) is 16.0. The van der Waals surface area contributed by atoms with Crippen LogP contribution in [0.4, 0.5) is 0 Å². The molecule has 1 saturated heterocycles. The summed E-state index contributed by atoms with van der Waals surface area (Å²) in [5.41, 5.74) is 2.84. The van der Waals surface area contributed by atoms with Crippen LogP contribution in [0.5, 0.6) is 0 Å². The molecule has 1 heterocycles. The predicted octanol–water partition coefficient (Wildman–Crippen LogP) is 2.84. The van der Waals surface area contributed by atoms with Gasteiger partial charge in [-0.15, -0.1) is 0 Å². The largest absolute Gasteiger partial charge is 0.462 e. The molecular weight excluding hydrogens is 340 g/mol. The van der Waals surface area contributed by atoms with Gasteiger partial charge in [-0.05, 0) is 37.7 Å². The SMILES string of the molecule is CCOC(=O)c1ccc(C(=O)c2cccc(CN3CCN(C)CC3)c2)cc1. The predicted molar refractivity (Wildman–Crippen MR) is 105 cm³/mol. The Morgan fingerprint density at radius 1 is 0.926 bits per heavy atom. The first-order chi connectivity index (χ1) is 13.1. The van der Waals surface area contributed by atoms with Gasteiger partial charge in [0.15, 0.2) is 5.78 Å². The number of benzene rings is 2. The van der Waals surface area contributed by atoms with E-state index in [1.54, 1.807) is 31.2 Å². The molecule has 5 heteroatoms. The third-order valence-electron chi connectivity index (χ3n) is 4.85. The van der Waals surface area contributed by atoms with Crippen molar-refractivity contribution in [2.24, 2.45) is 0 Å². The topological polar surface area (TPSA) is 49.9 Å². The van der Waals surface area contributed by atoms with E-state index in [1.807, 2.05) is 18.2 Å². The zero-order valence-electron chi connectivity index (χ0n) is 16.0. The summed E-state index contributed by atoms with van der Waals surface area (Å²) in [4.78, 5) is 29.3. The number of carbonyl (C=O) groups is 2. The average Bonchev–Trinajstić information content (AvgIpc) is 2.70. The highest BCUT2D eigenvalue weighted by Crippen LogP contribution is 2.15. The van der Waals surface area contributed by atoms with E-state index in [2.05, 4.69) is 22.9 Å². The van der Waals surface area contributed by atoms with E-state index in [0.29, 0.717) is 23.3 Å². The molecule has 2 aromatic rings. The second kappa shape index (κ2) is 8.93. The smallest absolute Gasteiger partial charge is 0.338 e. The van der Waals surface area contributed by atoms with Crippen LogP contribution in [0.2, 0.25) is 0 Å². The van der Waals surface area contributed by atoms with Crippen molar-refractivity contribution in [1.29, 1.82) is 0 Å². The number of piperazine rings is 1. The molecule has 5 nitrogen and oxygen atoms in total. The molecule has 0 amide bonds. The highest BCUT2D eigenvalue weighted by molar-refractivity contribution is 6.09. The van der Waals surface area contributed by atoms with E-state index in [9.17, 15) is 9.59 Å². The first-order valence-electron chi connectivity index (χ1n) is 9.38. The van der Waals surface area contributed by atoms with Crippen LogP contribution in [0.25, 0.3) is 0 Å². The summed E-state index contributed by atoms with van der Waals surface area (Å²) in [6.07, 6.45) is 0. The van der Waals surface area contributed by atoms with Crippen molar-refractivity contribution in [2.75, 3.05) is 39.8 Å². The number of ether oxygens (including phenoxy) is 1. The lowest BCUT2D eigenvalue weighted by Crippen LogP contribution is -2.43. The van der Waals surface area contributed by atoms with Crippen LogP contribution in [0.15, 0.2) is 48.5 Å². The second-order valence-electron chi connectivity index (χ2n) is 6.91. The molecule has 27 heavy (non-hydrogen) atoms. The summed E-state index contributed by atoms with van der Waals surface area (Å²) in [7, 11) is 2.14. The monoisotopic (exact) mass is 366 g/mol. The van der Waals surface area contributed by atoms with Gasteiger partial charge < -0.3 is 9.64 Å². The van der Waals surface area contributed by atoms with Gasteiger partial charge in [0, 0.05) is 43.9 Å². The van der Waals surface area contributed by atoms with Gasteiger partial charge in [0.2, 0.25) is 0 Å². The maximum Gasteiger partial charge on any atom is 0.338 e. The van der Waals surface area contributed by atoms with Crippen LogP contribution in [0, 0.1) is 0 Å². The summed E-state index contributed by atoms with van der Waals surface area (Å²) < 4.78 is 4.98. The Morgan fingerprint density at radius 3 is 2.26 bits per heavy atom. The van der Waals surface area contributed by atoms with E-state index in [1.165, 1.54) is 0 Å². The van der Waals surface area contributed by atoms with Crippen molar-refractivity contribution in [3.8, 4) is 0 Å². The summed E-state index contributed by atoms with van der Waals surface area (Å²) in [6.45, 7) is 7.20. The van der Waals surface area contributed by atoms with Gasteiger partial charge in [0.05, 0.1) is 12.2 Å². The van der Waals surface area contributed by atoms with Crippen molar-refractivity contribution in [2.45, 2.75) is 13.5 Å². The van der Waals surface area contributed by atoms with Gasteiger partial charge in [-0.2, -0.15) is 0 Å². The Labute approximate surface area is 160 Å². The lowest BCUT2D eigenvalue weighted by molar-refractivity contribution is 0.0526. The van der Waals surface area contributed by atoms with Crippen molar-refractivity contribution in [1.82, 2.24) is 9.80 Å². The van der Waals surface area contributed by atoms with E-state index in [-0.39, 0.29) is 11.8 Å². The number of likely N-dealkylation sites (N-methyl/N-ethyl adjacent to an activating group) is 1. The van der Waals surface area contributed by atoms with Crippen molar-refractivity contribution >= 4 is 11.8 Å². The highest BCUT2D eigenvalue weighted by atomic mass is 16.5. The average molecular weight is 366 g/mol. The van der Waals surface area contributed by atoms with E-state index in [4.69, 9.17) is 4.74 Å². The standard InChI is InChI=1S/C22H26N2O3/c1-3-27-22(26)19-9-7-18(8-10-19)21(25)20-6-4-5-17(15-20)16-24-13-11-23(2)12-14-24/h4-10,15H,3,11-14,16H2,1-2H3.